The lowest BCUT2D eigenvalue weighted by atomic mass is 10.3. The van der Waals surface area contributed by atoms with E-state index in [-0.39, 0.29) is 24.4 Å². The molecular weight excluding hydrogens is 220 g/mol. The number of hydrogen-bond donors (Lipinski definition) is 1. The molecule has 6 heteroatoms. The lowest BCUT2D eigenvalue weighted by Crippen LogP contribution is -2.42. The van der Waals surface area contributed by atoms with Crippen LogP contribution in [-0.2, 0) is 16.1 Å². The maximum atomic E-state index is 11.6. The molecule has 0 spiro atoms. The topological polar surface area (TPSA) is 67.2 Å². The van der Waals surface area contributed by atoms with E-state index in [1.807, 2.05) is 19.2 Å². The van der Waals surface area contributed by atoms with Crippen molar-refractivity contribution in [2.75, 3.05) is 13.6 Å². The highest BCUT2D eigenvalue weighted by Gasteiger charge is 2.11. The Balaban J connectivity index is 2.33. The number of hydrogen-bond acceptors (Lipinski definition) is 3. The van der Waals surface area contributed by atoms with Crippen LogP contribution in [0.25, 0.3) is 0 Å². The number of carbonyl (C=O) groups excluding carboxylic acids is 2. The van der Waals surface area contributed by atoms with E-state index in [9.17, 15) is 9.59 Å². The number of likely N-dealkylation sites (N-methyl/N-ethyl adjacent to an activating group) is 1. The molecule has 1 aromatic heterocycles. The van der Waals surface area contributed by atoms with Gasteiger partial charge in [-0.3, -0.25) is 14.3 Å². The van der Waals surface area contributed by atoms with E-state index >= 15 is 0 Å². The lowest BCUT2D eigenvalue weighted by molar-refractivity contribution is -0.133. The molecule has 1 atom stereocenters. The van der Waals surface area contributed by atoms with E-state index < -0.39 is 0 Å². The zero-order valence-corrected chi connectivity index (χ0v) is 10.4. The van der Waals surface area contributed by atoms with Crippen molar-refractivity contribution in [3.8, 4) is 0 Å². The highest BCUT2D eigenvalue weighted by molar-refractivity contribution is 5.83. The smallest absolute Gasteiger partial charge is 0.239 e. The van der Waals surface area contributed by atoms with E-state index in [0.717, 1.165) is 0 Å². The summed E-state index contributed by atoms with van der Waals surface area (Å²) >= 11 is 0. The minimum atomic E-state index is -0.164. The predicted molar refractivity (Wildman–Crippen MR) is 63.1 cm³/mol. The summed E-state index contributed by atoms with van der Waals surface area (Å²) in [5, 5.41) is 6.86. The average molecular weight is 238 g/mol. The third-order valence-electron chi connectivity index (χ3n) is 2.35. The summed E-state index contributed by atoms with van der Waals surface area (Å²) in [4.78, 5) is 23.9. The fourth-order valence-electron chi connectivity index (χ4n) is 1.38. The second-order valence-corrected chi connectivity index (χ2v) is 4.07. The third kappa shape index (κ3) is 4.67. The fourth-order valence-corrected chi connectivity index (χ4v) is 1.38. The van der Waals surface area contributed by atoms with Gasteiger partial charge < -0.3 is 10.2 Å². The summed E-state index contributed by atoms with van der Waals surface area (Å²) in [6, 6.07) is 1.81. The Labute approximate surface area is 101 Å². The second kappa shape index (κ2) is 6.03. The Bertz CT molecular complexity index is 375. The first kappa shape index (κ1) is 13.2. The van der Waals surface area contributed by atoms with E-state index in [2.05, 4.69) is 10.4 Å². The molecule has 1 heterocycles. The van der Waals surface area contributed by atoms with Gasteiger partial charge in [-0.15, -0.1) is 0 Å². The number of aromatic nitrogens is 2. The van der Waals surface area contributed by atoms with Crippen molar-refractivity contribution in [1.29, 1.82) is 0 Å². The van der Waals surface area contributed by atoms with Crippen LogP contribution in [0.4, 0.5) is 0 Å². The summed E-state index contributed by atoms with van der Waals surface area (Å²) in [5.41, 5.74) is 0. The summed E-state index contributed by atoms with van der Waals surface area (Å²) in [5.74, 6) is -0.290. The zero-order valence-electron chi connectivity index (χ0n) is 10.4. The molecule has 0 aliphatic rings. The molecule has 0 bridgehead atoms. The molecule has 6 nitrogen and oxygen atoms in total. The Morgan fingerprint density at radius 1 is 1.53 bits per heavy atom. The van der Waals surface area contributed by atoms with Crippen LogP contribution in [0.15, 0.2) is 18.5 Å². The summed E-state index contributed by atoms with van der Waals surface area (Å²) < 4.78 is 1.75. The largest absolute Gasteiger partial charge is 0.350 e. The van der Waals surface area contributed by atoms with Crippen LogP contribution in [0.2, 0.25) is 0 Å². The van der Waals surface area contributed by atoms with Gasteiger partial charge in [-0.05, 0) is 13.0 Å². The molecule has 17 heavy (non-hydrogen) atoms. The molecule has 0 radical (unpaired) electrons. The molecular formula is C11H18N4O2. The van der Waals surface area contributed by atoms with Gasteiger partial charge in [0.1, 0.15) is 0 Å². The van der Waals surface area contributed by atoms with Gasteiger partial charge in [0.15, 0.2) is 0 Å². The van der Waals surface area contributed by atoms with Crippen molar-refractivity contribution in [1.82, 2.24) is 20.0 Å². The molecule has 0 saturated heterocycles. The molecule has 0 aliphatic carbocycles. The quantitative estimate of drug-likeness (QED) is 0.776. The first-order valence-corrected chi connectivity index (χ1v) is 5.47. The summed E-state index contributed by atoms with van der Waals surface area (Å²) in [6.45, 7) is 4.02. The highest BCUT2D eigenvalue weighted by atomic mass is 16.2. The van der Waals surface area contributed by atoms with Crippen LogP contribution in [0, 0.1) is 0 Å². The number of nitrogens with zero attached hydrogens (tertiary/aromatic N) is 3. The van der Waals surface area contributed by atoms with Crippen LogP contribution in [0.1, 0.15) is 13.8 Å². The van der Waals surface area contributed by atoms with Crippen molar-refractivity contribution in [3.63, 3.8) is 0 Å². The van der Waals surface area contributed by atoms with Gasteiger partial charge in [0, 0.05) is 32.4 Å². The van der Waals surface area contributed by atoms with Crippen molar-refractivity contribution in [2.45, 2.75) is 26.4 Å². The van der Waals surface area contributed by atoms with Crippen LogP contribution in [0.5, 0.6) is 0 Å². The van der Waals surface area contributed by atoms with E-state index in [0.29, 0.717) is 6.54 Å². The summed E-state index contributed by atoms with van der Waals surface area (Å²) in [6.07, 6.45) is 3.53. The Hall–Kier alpha value is -1.85. The van der Waals surface area contributed by atoms with Gasteiger partial charge in [-0.1, -0.05) is 0 Å². The number of carbonyl (C=O) groups is 2. The molecule has 94 valence electrons. The van der Waals surface area contributed by atoms with Gasteiger partial charge in [-0.2, -0.15) is 5.10 Å². The van der Waals surface area contributed by atoms with Gasteiger partial charge >= 0.3 is 0 Å². The molecule has 0 fully saturated rings. The molecule has 0 aliphatic heterocycles. The highest BCUT2D eigenvalue weighted by Crippen LogP contribution is 1.91. The maximum Gasteiger partial charge on any atom is 0.239 e. The average Bonchev–Trinajstić information content (AvgIpc) is 2.69. The monoisotopic (exact) mass is 238 g/mol. The van der Waals surface area contributed by atoms with Crippen molar-refractivity contribution >= 4 is 11.8 Å². The van der Waals surface area contributed by atoms with Gasteiger partial charge in [0.2, 0.25) is 11.8 Å². The van der Waals surface area contributed by atoms with Crippen molar-refractivity contribution < 1.29 is 9.59 Å². The van der Waals surface area contributed by atoms with E-state index in [4.69, 9.17) is 0 Å². The van der Waals surface area contributed by atoms with Crippen molar-refractivity contribution in [2.24, 2.45) is 0 Å². The lowest BCUT2D eigenvalue weighted by Gasteiger charge is -2.18. The van der Waals surface area contributed by atoms with Crippen LogP contribution in [-0.4, -0.2) is 46.1 Å². The van der Waals surface area contributed by atoms with Gasteiger partial charge in [-0.25, -0.2) is 0 Å². The molecule has 0 aromatic carbocycles. The minimum Gasteiger partial charge on any atom is -0.350 e. The Morgan fingerprint density at radius 2 is 2.24 bits per heavy atom. The van der Waals surface area contributed by atoms with Crippen LogP contribution >= 0.6 is 0 Å². The molecule has 1 rings (SSSR count). The first-order chi connectivity index (χ1) is 7.99. The number of amides is 2. The van der Waals surface area contributed by atoms with Crippen molar-refractivity contribution in [3.05, 3.63) is 18.5 Å². The third-order valence-corrected chi connectivity index (χ3v) is 2.35. The second-order valence-electron chi connectivity index (χ2n) is 4.07. The number of rotatable bonds is 5. The van der Waals surface area contributed by atoms with E-state index in [1.165, 1.54) is 11.8 Å². The Kier molecular flexibility index (Phi) is 4.68. The molecule has 1 N–H and O–H groups in total. The predicted octanol–water partition coefficient (Wildman–Crippen LogP) is -0.134. The van der Waals surface area contributed by atoms with Gasteiger partial charge in [0.05, 0.1) is 13.1 Å². The molecule has 0 saturated carbocycles. The summed E-state index contributed by atoms with van der Waals surface area (Å²) in [7, 11) is 1.60. The molecule has 2 amide bonds. The first-order valence-electron chi connectivity index (χ1n) is 5.47. The molecule has 0 unspecified atom stereocenters. The standard InChI is InChI=1S/C11H18N4O2/c1-9(7-15-6-4-5-12-15)13-11(17)8-14(3)10(2)16/h4-6,9H,7-8H2,1-3H3,(H,13,17)/t9-/m1/s1. The minimum absolute atomic E-state index is 0.0252. The molecule has 1 aromatic rings. The Morgan fingerprint density at radius 3 is 2.76 bits per heavy atom. The fraction of sp³-hybridized carbons (Fsp3) is 0.545. The van der Waals surface area contributed by atoms with Crippen LogP contribution < -0.4 is 5.32 Å². The van der Waals surface area contributed by atoms with Gasteiger partial charge in [0.25, 0.3) is 0 Å². The SMILES string of the molecule is CC(=O)N(C)CC(=O)N[C@H](C)Cn1cccn1. The zero-order chi connectivity index (χ0) is 12.8. The maximum absolute atomic E-state index is 11.6. The van der Waals surface area contributed by atoms with E-state index in [1.54, 1.807) is 17.9 Å². The van der Waals surface area contributed by atoms with Crippen LogP contribution in [0.3, 0.4) is 0 Å². The normalized spacial score (nSPS) is 11.9. The number of nitrogens with one attached hydrogen (secondary N) is 1.